The fourth-order valence-corrected chi connectivity index (χ4v) is 3.28. The molecule has 0 radical (unpaired) electrons. The van der Waals surface area contributed by atoms with E-state index in [9.17, 15) is 8.42 Å². The van der Waals surface area contributed by atoms with Crippen LogP contribution in [0.4, 0.5) is 0 Å². The molecule has 126 valence electrons. The van der Waals surface area contributed by atoms with E-state index < -0.39 is 15.1 Å². The van der Waals surface area contributed by atoms with Crippen molar-refractivity contribution in [2.24, 2.45) is 0 Å². The third kappa shape index (κ3) is 4.10. The smallest absolute Gasteiger partial charge is 0.244 e. The summed E-state index contributed by atoms with van der Waals surface area (Å²) in [5, 5.41) is 3.02. The third-order valence-corrected chi connectivity index (χ3v) is 5.52. The van der Waals surface area contributed by atoms with Gasteiger partial charge >= 0.3 is 0 Å². The summed E-state index contributed by atoms with van der Waals surface area (Å²) in [7, 11) is -1.93. The van der Waals surface area contributed by atoms with Crippen molar-refractivity contribution < 1.29 is 17.7 Å². The van der Waals surface area contributed by atoms with Crippen molar-refractivity contribution in [2.75, 3.05) is 7.11 Å². The van der Waals surface area contributed by atoms with Gasteiger partial charge in [-0.05, 0) is 24.6 Å². The maximum absolute atomic E-state index is 12.6. The molecule has 0 saturated carbocycles. The molecule has 0 N–H and O–H groups in total. The van der Waals surface area contributed by atoms with Gasteiger partial charge < -0.3 is 9.26 Å². The number of methoxy groups -OCH3 is 1. The fourth-order valence-electron chi connectivity index (χ4n) is 1.98. The van der Waals surface area contributed by atoms with E-state index in [0.717, 1.165) is 0 Å². The summed E-state index contributed by atoms with van der Waals surface area (Å²) >= 11 is 0. The van der Waals surface area contributed by atoms with Crippen LogP contribution in [0.3, 0.4) is 0 Å². The van der Waals surface area contributed by atoms with E-state index in [2.05, 4.69) is 10.1 Å². The molecule has 0 aliphatic heterocycles. The van der Waals surface area contributed by atoms with Crippen LogP contribution in [0.5, 0.6) is 5.75 Å². The number of sulfone groups is 1. The Morgan fingerprint density at radius 3 is 2.57 bits per heavy atom. The SMILES string of the molecule is COc1cccc(CS(=O)(=O)[C@@H](C)c2nc(C(C)(C)C)no2)c1. The molecule has 0 spiro atoms. The van der Waals surface area contributed by atoms with Gasteiger partial charge in [-0.1, -0.05) is 38.1 Å². The van der Waals surface area contributed by atoms with Crippen LogP contribution in [0.1, 0.15) is 50.2 Å². The molecule has 0 bridgehead atoms. The molecule has 2 aromatic rings. The maximum atomic E-state index is 12.6. The second kappa shape index (κ2) is 6.31. The molecular formula is C16H22N2O4S. The Balaban J connectivity index is 2.23. The van der Waals surface area contributed by atoms with Gasteiger partial charge in [0, 0.05) is 5.41 Å². The van der Waals surface area contributed by atoms with E-state index in [-0.39, 0.29) is 17.1 Å². The lowest BCUT2D eigenvalue weighted by atomic mass is 9.96. The standard InChI is InChI=1S/C16H22N2O4S/c1-11(14-17-15(18-22-14)16(2,3)4)23(19,20)10-12-7-6-8-13(9-12)21-5/h6-9,11H,10H2,1-5H3/t11-/m0/s1. The van der Waals surface area contributed by atoms with Gasteiger partial charge in [0.1, 0.15) is 11.0 Å². The summed E-state index contributed by atoms with van der Waals surface area (Å²) in [6.45, 7) is 7.39. The number of rotatable bonds is 5. The van der Waals surface area contributed by atoms with Crippen molar-refractivity contribution >= 4 is 9.84 Å². The van der Waals surface area contributed by atoms with Crippen molar-refractivity contribution in [3.8, 4) is 5.75 Å². The number of aromatic nitrogens is 2. The Labute approximate surface area is 136 Å². The molecule has 0 aliphatic carbocycles. The summed E-state index contributed by atoms with van der Waals surface area (Å²) < 4.78 is 35.5. The number of nitrogens with zero attached hydrogens (tertiary/aromatic N) is 2. The average Bonchev–Trinajstić information content (AvgIpc) is 2.96. The largest absolute Gasteiger partial charge is 0.497 e. The van der Waals surface area contributed by atoms with Crippen molar-refractivity contribution in [1.29, 1.82) is 0 Å². The highest BCUT2D eigenvalue weighted by atomic mass is 32.2. The molecule has 1 atom stereocenters. The Morgan fingerprint density at radius 2 is 2.00 bits per heavy atom. The zero-order valence-corrected chi connectivity index (χ0v) is 14.8. The molecule has 2 rings (SSSR count). The first-order chi connectivity index (χ1) is 10.6. The van der Waals surface area contributed by atoms with E-state index in [1.54, 1.807) is 38.3 Å². The topological polar surface area (TPSA) is 82.3 Å². The highest BCUT2D eigenvalue weighted by Gasteiger charge is 2.30. The Hall–Kier alpha value is -1.89. The third-order valence-electron chi connectivity index (χ3n) is 3.50. The number of ether oxygens (including phenoxy) is 1. The van der Waals surface area contributed by atoms with Gasteiger partial charge in [0.15, 0.2) is 15.7 Å². The molecule has 7 heteroatoms. The van der Waals surface area contributed by atoms with Crippen LogP contribution in [0.25, 0.3) is 0 Å². The molecule has 0 saturated heterocycles. The van der Waals surface area contributed by atoms with Gasteiger partial charge in [-0.2, -0.15) is 4.98 Å². The van der Waals surface area contributed by atoms with E-state index >= 15 is 0 Å². The normalized spacial score (nSPS) is 13.8. The van der Waals surface area contributed by atoms with Gasteiger partial charge in [0.2, 0.25) is 5.89 Å². The van der Waals surface area contributed by atoms with Gasteiger partial charge in [-0.15, -0.1) is 0 Å². The van der Waals surface area contributed by atoms with Crippen LogP contribution >= 0.6 is 0 Å². The summed E-state index contributed by atoms with van der Waals surface area (Å²) in [5.74, 6) is 1.13. The lowest BCUT2D eigenvalue weighted by Crippen LogP contribution is -2.15. The second-order valence-corrected chi connectivity index (χ2v) is 8.83. The fraction of sp³-hybridized carbons (Fsp3) is 0.500. The van der Waals surface area contributed by atoms with Crippen LogP contribution in [0.15, 0.2) is 28.8 Å². The van der Waals surface area contributed by atoms with E-state index in [4.69, 9.17) is 9.26 Å². The predicted octanol–water partition coefficient (Wildman–Crippen LogP) is 3.05. The molecular weight excluding hydrogens is 316 g/mol. The Bertz CT molecular complexity index is 775. The molecule has 1 aromatic carbocycles. The van der Waals surface area contributed by atoms with Crippen LogP contribution in [-0.4, -0.2) is 25.7 Å². The van der Waals surface area contributed by atoms with E-state index in [0.29, 0.717) is 17.1 Å². The van der Waals surface area contributed by atoms with Gasteiger partial charge in [-0.25, -0.2) is 8.42 Å². The Kier molecular flexibility index (Phi) is 4.79. The summed E-state index contributed by atoms with van der Waals surface area (Å²) in [5.41, 5.74) is 0.365. The highest BCUT2D eigenvalue weighted by molar-refractivity contribution is 7.90. The first kappa shape index (κ1) is 17.5. The van der Waals surface area contributed by atoms with Crippen LogP contribution in [0.2, 0.25) is 0 Å². The summed E-state index contributed by atoms with van der Waals surface area (Å²) in [6.07, 6.45) is 0. The van der Waals surface area contributed by atoms with Crippen molar-refractivity contribution in [1.82, 2.24) is 10.1 Å². The van der Waals surface area contributed by atoms with Gasteiger partial charge in [0.05, 0.1) is 12.9 Å². The first-order valence-corrected chi connectivity index (χ1v) is 9.03. The highest BCUT2D eigenvalue weighted by Crippen LogP contribution is 2.27. The number of hydrogen-bond donors (Lipinski definition) is 0. The first-order valence-electron chi connectivity index (χ1n) is 7.32. The lowest BCUT2D eigenvalue weighted by Gasteiger charge is -2.12. The molecule has 0 unspecified atom stereocenters. The second-order valence-electron chi connectivity index (χ2n) is 6.51. The van der Waals surface area contributed by atoms with Gasteiger partial charge in [0.25, 0.3) is 0 Å². The van der Waals surface area contributed by atoms with E-state index in [1.165, 1.54) is 0 Å². The number of hydrogen-bond acceptors (Lipinski definition) is 6. The summed E-state index contributed by atoms with van der Waals surface area (Å²) in [4.78, 5) is 4.24. The molecule has 1 aromatic heterocycles. The van der Waals surface area contributed by atoms with Gasteiger partial charge in [-0.3, -0.25) is 0 Å². The molecule has 0 amide bonds. The molecule has 6 nitrogen and oxygen atoms in total. The predicted molar refractivity (Wildman–Crippen MR) is 87.0 cm³/mol. The molecule has 0 fully saturated rings. The summed E-state index contributed by atoms with van der Waals surface area (Å²) in [6, 6.07) is 6.99. The van der Waals surface area contributed by atoms with Crippen LogP contribution in [0, 0.1) is 0 Å². The zero-order chi connectivity index (χ0) is 17.3. The quantitative estimate of drug-likeness (QED) is 0.833. The zero-order valence-electron chi connectivity index (χ0n) is 14.0. The Morgan fingerprint density at radius 1 is 1.30 bits per heavy atom. The number of benzene rings is 1. The average molecular weight is 338 g/mol. The maximum Gasteiger partial charge on any atom is 0.244 e. The van der Waals surface area contributed by atoms with Crippen LogP contribution < -0.4 is 4.74 Å². The monoisotopic (exact) mass is 338 g/mol. The van der Waals surface area contributed by atoms with Crippen molar-refractivity contribution in [3.05, 3.63) is 41.5 Å². The van der Waals surface area contributed by atoms with Crippen molar-refractivity contribution in [2.45, 2.75) is 44.1 Å². The minimum absolute atomic E-state index is 0.113. The van der Waals surface area contributed by atoms with Crippen LogP contribution in [-0.2, 0) is 21.0 Å². The molecule has 1 heterocycles. The lowest BCUT2D eigenvalue weighted by molar-refractivity contribution is 0.361. The van der Waals surface area contributed by atoms with Crippen molar-refractivity contribution in [3.63, 3.8) is 0 Å². The van der Waals surface area contributed by atoms with E-state index in [1.807, 2.05) is 20.8 Å². The molecule has 23 heavy (non-hydrogen) atoms. The molecule has 0 aliphatic rings. The minimum atomic E-state index is -3.48. The minimum Gasteiger partial charge on any atom is -0.497 e.